The molecule has 0 saturated carbocycles. The number of likely N-dealkylation sites (N-methyl/N-ethyl adjacent to an activating group) is 1. The van der Waals surface area contributed by atoms with E-state index in [0.29, 0.717) is 12.0 Å². The molecule has 0 fully saturated rings. The summed E-state index contributed by atoms with van der Waals surface area (Å²) in [4.78, 5) is 2.08. The van der Waals surface area contributed by atoms with Gasteiger partial charge < -0.3 is 10.0 Å². The molecule has 0 aliphatic carbocycles. The molecule has 0 aliphatic heterocycles. The molecule has 0 heterocycles. The standard InChI is InChI=1S/C8H19NO/c1-5-7(2)8(6-10)9(3)4/h7-8,10H,5-6H2,1-4H3/t7?,8-/m1/s1. The Bertz CT molecular complexity index is 83.3. The van der Waals surface area contributed by atoms with Gasteiger partial charge in [-0.1, -0.05) is 20.3 Å². The second-order valence-electron chi connectivity index (χ2n) is 3.10. The molecule has 0 rings (SSSR count). The Kier molecular flexibility index (Phi) is 4.65. The van der Waals surface area contributed by atoms with Gasteiger partial charge in [0, 0.05) is 6.04 Å². The summed E-state index contributed by atoms with van der Waals surface area (Å²) in [6.45, 7) is 4.58. The van der Waals surface area contributed by atoms with Gasteiger partial charge in [-0.2, -0.15) is 0 Å². The van der Waals surface area contributed by atoms with Gasteiger partial charge >= 0.3 is 0 Å². The molecule has 1 unspecified atom stereocenters. The highest BCUT2D eigenvalue weighted by molar-refractivity contribution is 4.70. The monoisotopic (exact) mass is 145 g/mol. The topological polar surface area (TPSA) is 23.5 Å². The summed E-state index contributed by atoms with van der Waals surface area (Å²) in [7, 11) is 4.01. The first-order chi connectivity index (χ1) is 4.63. The summed E-state index contributed by atoms with van der Waals surface area (Å²) >= 11 is 0. The van der Waals surface area contributed by atoms with Crippen LogP contribution in [0.2, 0.25) is 0 Å². The molecule has 0 aromatic heterocycles. The molecule has 2 atom stereocenters. The van der Waals surface area contributed by atoms with Crippen molar-refractivity contribution in [3.05, 3.63) is 0 Å². The van der Waals surface area contributed by atoms with Gasteiger partial charge in [-0.05, 0) is 20.0 Å². The summed E-state index contributed by atoms with van der Waals surface area (Å²) in [6.07, 6.45) is 1.13. The van der Waals surface area contributed by atoms with Crippen LogP contribution in [0.4, 0.5) is 0 Å². The van der Waals surface area contributed by atoms with E-state index in [1.165, 1.54) is 0 Å². The predicted octanol–water partition coefficient (Wildman–Crippen LogP) is 0.955. The highest BCUT2D eigenvalue weighted by atomic mass is 16.3. The number of hydrogen-bond acceptors (Lipinski definition) is 2. The molecule has 0 bridgehead atoms. The number of nitrogens with zero attached hydrogens (tertiary/aromatic N) is 1. The molecular weight excluding hydrogens is 126 g/mol. The summed E-state index contributed by atoms with van der Waals surface area (Å²) < 4.78 is 0. The molecule has 62 valence electrons. The largest absolute Gasteiger partial charge is 0.395 e. The summed E-state index contributed by atoms with van der Waals surface area (Å²) in [5.74, 6) is 0.583. The van der Waals surface area contributed by atoms with E-state index < -0.39 is 0 Å². The van der Waals surface area contributed by atoms with E-state index in [1.807, 2.05) is 14.1 Å². The minimum Gasteiger partial charge on any atom is -0.395 e. The maximum atomic E-state index is 8.96. The fourth-order valence-corrected chi connectivity index (χ4v) is 1.12. The Hall–Kier alpha value is -0.0800. The second kappa shape index (κ2) is 4.69. The van der Waals surface area contributed by atoms with Crippen LogP contribution in [-0.4, -0.2) is 36.8 Å². The minimum absolute atomic E-state index is 0.266. The van der Waals surface area contributed by atoms with E-state index in [1.54, 1.807) is 0 Å². The van der Waals surface area contributed by atoms with Gasteiger partial charge in [-0.15, -0.1) is 0 Å². The predicted molar refractivity (Wildman–Crippen MR) is 44.0 cm³/mol. The fraction of sp³-hybridized carbons (Fsp3) is 1.00. The maximum absolute atomic E-state index is 8.96. The average molecular weight is 145 g/mol. The third kappa shape index (κ3) is 2.67. The number of aliphatic hydroxyl groups excluding tert-OH is 1. The zero-order chi connectivity index (χ0) is 8.15. The van der Waals surface area contributed by atoms with Crippen molar-refractivity contribution in [2.75, 3.05) is 20.7 Å². The first kappa shape index (κ1) is 9.92. The Balaban J connectivity index is 3.80. The number of rotatable bonds is 4. The van der Waals surface area contributed by atoms with E-state index >= 15 is 0 Å². The lowest BCUT2D eigenvalue weighted by molar-refractivity contribution is 0.125. The third-order valence-corrected chi connectivity index (χ3v) is 2.15. The lowest BCUT2D eigenvalue weighted by Crippen LogP contribution is -2.36. The number of hydrogen-bond donors (Lipinski definition) is 1. The zero-order valence-corrected chi connectivity index (χ0v) is 7.46. The molecule has 1 N–H and O–H groups in total. The van der Waals surface area contributed by atoms with Gasteiger partial charge in [0.2, 0.25) is 0 Å². The highest BCUT2D eigenvalue weighted by Gasteiger charge is 2.15. The van der Waals surface area contributed by atoms with Crippen LogP contribution in [-0.2, 0) is 0 Å². The number of aliphatic hydroxyl groups is 1. The summed E-state index contributed by atoms with van der Waals surface area (Å²) in [6, 6.07) is 0.324. The Morgan fingerprint density at radius 2 is 1.90 bits per heavy atom. The fourth-order valence-electron chi connectivity index (χ4n) is 1.12. The van der Waals surface area contributed by atoms with Crippen LogP contribution >= 0.6 is 0 Å². The van der Waals surface area contributed by atoms with Gasteiger partial charge in [0.1, 0.15) is 0 Å². The van der Waals surface area contributed by atoms with Crippen molar-refractivity contribution in [1.29, 1.82) is 0 Å². The van der Waals surface area contributed by atoms with Gasteiger partial charge in [0.05, 0.1) is 6.61 Å². The molecule has 0 spiro atoms. The van der Waals surface area contributed by atoms with E-state index in [2.05, 4.69) is 18.7 Å². The maximum Gasteiger partial charge on any atom is 0.0589 e. The molecule has 0 aromatic carbocycles. The SMILES string of the molecule is CCC(C)[C@@H](CO)N(C)C. The van der Waals surface area contributed by atoms with Gasteiger partial charge in [0.15, 0.2) is 0 Å². The highest BCUT2D eigenvalue weighted by Crippen LogP contribution is 2.10. The first-order valence-corrected chi connectivity index (χ1v) is 3.90. The van der Waals surface area contributed by atoms with Crippen molar-refractivity contribution in [1.82, 2.24) is 4.90 Å². The summed E-state index contributed by atoms with van der Waals surface area (Å²) in [5.41, 5.74) is 0. The zero-order valence-electron chi connectivity index (χ0n) is 7.46. The molecule has 0 radical (unpaired) electrons. The molecule has 2 heteroatoms. The lowest BCUT2D eigenvalue weighted by Gasteiger charge is -2.27. The molecule has 0 amide bonds. The van der Waals surface area contributed by atoms with E-state index in [9.17, 15) is 0 Å². The Morgan fingerprint density at radius 3 is 2.00 bits per heavy atom. The van der Waals surface area contributed by atoms with E-state index in [-0.39, 0.29) is 6.61 Å². The van der Waals surface area contributed by atoms with Crippen LogP contribution in [0.5, 0.6) is 0 Å². The normalized spacial score (nSPS) is 17.4. The molecular formula is C8H19NO. The molecule has 10 heavy (non-hydrogen) atoms. The molecule has 2 nitrogen and oxygen atoms in total. The van der Waals surface area contributed by atoms with E-state index in [4.69, 9.17) is 5.11 Å². The molecule has 0 aliphatic rings. The van der Waals surface area contributed by atoms with Gasteiger partial charge in [-0.25, -0.2) is 0 Å². The van der Waals surface area contributed by atoms with Crippen molar-refractivity contribution in [2.24, 2.45) is 5.92 Å². The van der Waals surface area contributed by atoms with Crippen LogP contribution in [0.1, 0.15) is 20.3 Å². The quantitative estimate of drug-likeness (QED) is 0.637. The minimum atomic E-state index is 0.266. The Morgan fingerprint density at radius 1 is 1.40 bits per heavy atom. The first-order valence-electron chi connectivity index (χ1n) is 3.90. The van der Waals surface area contributed by atoms with E-state index in [0.717, 1.165) is 6.42 Å². The third-order valence-electron chi connectivity index (χ3n) is 2.15. The van der Waals surface area contributed by atoms with Crippen molar-refractivity contribution < 1.29 is 5.11 Å². The van der Waals surface area contributed by atoms with Crippen molar-refractivity contribution in [3.8, 4) is 0 Å². The van der Waals surface area contributed by atoms with Gasteiger partial charge in [-0.3, -0.25) is 0 Å². The smallest absolute Gasteiger partial charge is 0.0589 e. The van der Waals surface area contributed by atoms with Gasteiger partial charge in [0.25, 0.3) is 0 Å². The van der Waals surface area contributed by atoms with Crippen molar-refractivity contribution >= 4 is 0 Å². The molecule has 0 saturated heterocycles. The van der Waals surface area contributed by atoms with Crippen LogP contribution in [0, 0.1) is 5.92 Å². The van der Waals surface area contributed by atoms with Crippen LogP contribution < -0.4 is 0 Å². The lowest BCUT2D eigenvalue weighted by atomic mass is 9.99. The van der Waals surface area contributed by atoms with Crippen LogP contribution in [0.15, 0.2) is 0 Å². The van der Waals surface area contributed by atoms with Crippen molar-refractivity contribution in [3.63, 3.8) is 0 Å². The van der Waals surface area contributed by atoms with Crippen molar-refractivity contribution in [2.45, 2.75) is 26.3 Å². The second-order valence-corrected chi connectivity index (χ2v) is 3.10. The van der Waals surface area contributed by atoms with Crippen LogP contribution in [0.25, 0.3) is 0 Å². The van der Waals surface area contributed by atoms with Crippen LogP contribution in [0.3, 0.4) is 0 Å². The Labute approximate surface area is 63.8 Å². The average Bonchev–Trinajstić information content (AvgIpc) is 1.88. The summed E-state index contributed by atoms with van der Waals surface area (Å²) in [5, 5.41) is 8.96. The molecule has 0 aromatic rings.